The lowest BCUT2D eigenvalue weighted by atomic mass is 10.2. The number of rotatable bonds is 6. The monoisotopic (exact) mass is 262 g/mol. The third-order valence-corrected chi connectivity index (χ3v) is 3.28. The summed E-state index contributed by atoms with van der Waals surface area (Å²) in [6.07, 6.45) is 2.93. The minimum Gasteiger partial charge on any atom is -0.489 e. The third kappa shape index (κ3) is 4.24. The molecule has 0 radical (unpaired) electrons. The Hall–Kier alpha value is -1.55. The SMILES string of the molecule is CCCCNC(=O)[C@@H]1C[C@H](Oc2ccccc2)CN1. The molecule has 1 saturated heterocycles. The zero-order valence-corrected chi connectivity index (χ0v) is 11.4. The summed E-state index contributed by atoms with van der Waals surface area (Å²) < 4.78 is 5.84. The van der Waals surface area contributed by atoms with E-state index >= 15 is 0 Å². The van der Waals surface area contributed by atoms with Crippen molar-refractivity contribution in [3.05, 3.63) is 30.3 Å². The first kappa shape index (κ1) is 13.9. The van der Waals surface area contributed by atoms with Gasteiger partial charge in [-0.25, -0.2) is 0 Å². The summed E-state index contributed by atoms with van der Waals surface area (Å²) in [7, 11) is 0. The first-order valence-electron chi connectivity index (χ1n) is 7.02. The molecule has 0 aliphatic carbocycles. The topological polar surface area (TPSA) is 50.4 Å². The van der Waals surface area contributed by atoms with E-state index in [9.17, 15) is 4.79 Å². The maximum atomic E-state index is 11.9. The molecule has 4 nitrogen and oxygen atoms in total. The number of hydrogen-bond acceptors (Lipinski definition) is 3. The van der Waals surface area contributed by atoms with Crippen LogP contribution in [0.4, 0.5) is 0 Å². The zero-order chi connectivity index (χ0) is 13.5. The van der Waals surface area contributed by atoms with E-state index in [0.29, 0.717) is 0 Å². The van der Waals surface area contributed by atoms with Crippen LogP contribution >= 0.6 is 0 Å². The van der Waals surface area contributed by atoms with Gasteiger partial charge in [0.05, 0.1) is 6.04 Å². The molecule has 2 N–H and O–H groups in total. The molecular weight excluding hydrogens is 240 g/mol. The highest BCUT2D eigenvalue weighted by Gasteiger charge is 2.30. The summed E-state index contributed by atoms with van der Waals surface area (Å²) in [6, 6.07) is 9.62. The molecule has 1 fully saturated rings. The number of carbonyl (C=O) groups excluding carboxylic acids is 1. The van der Waals surface area contributed by atoms with Crippen LogP contribution in [0.5, 0.6) is 5.75 Å². The lowest BCUT2D eigenvalue weighted by molar-refractivity contribution is -0.122. The van der Waals surface area contributed by atoms with Crippen molar-refractivity contribution in [3.8, 4) is 5.75 Å². The molecule has 0 spiro atoms. The Kier molecular flexibility index (Phi) is 5.21. The quantitative estimate of drug-likeness (QED) is 0.767. The fourth-order valence-corrected chi connectivity index (χ4v) is 2.20. The van der Waals surface area contributed by atoms with Gasteiger partial charge in [-0.3, -0.25) is 4.79 Å². The van der Waals surface area contributed by atoms with E-state index < -0.39 is 0 Å². The first-order valence-corrected chi connectivity index (χ1v) is 7.02. The second-order valence-corrected chi connectivity index (χ2v) is 4.89. The number of para-hydroxylation sites is 1. The molecule has 0 saturated carbocycles. The van der Waals surface area contributed by atoms with Gasteiger partial charge in [0, 0.05) is 19.5 Å². The van der Waals surface area contributed by atoms with E-state index in [-0.39, 0.29) is 18.1 Å². The molecule has 1 amide bonds. The number of ether oxygens (including phenoxy) is 1. The number of nitrogens with one attached hydrogen (secondary N) is 2. The van der Waals surface area contributed by atoms with Crippen molar-refractivity contribution in [2.24, 2.45) is 0 Å². The number of amides is 1. The van der Waals surface area contributed by atoms with Gasteiger partial charge in [0.2, 0.25) is 5.91 Å². The van der Waals surface area contributed by atoms with Gasteiger partial charge in [-0.05, 0) is 18.6 Å². The van der Waals surface area contributed by atoms with Crippen molar-refractivity contribution in [1.29, 1.82) is 0 Å². The van der Waals surface area contributed by atoms with Crippen LogP contribution in [-0.4, -0.2) is 31.1 Å². The highest BCUT2D eigenvalue weighted by molar-refractivity contribution is 5.82. The number of hydrogen-bond donors (Lipinski definition) is 2. The molecule has 0 bridgehead atoms. The Morgan fingerprint density at radius 3 is 2.95 bits per heavy atom. The number of carbonyl (C=O) groups is 1. The van der Waals surface area contributed by atoms with Crippen molar-refractivity contribution >= 4 is 5.91 Å². The Labute approximate surface area is 114 Å². The van der Waals surface area contributed by atoms with Crippen molar-refractivity contribution in [3.63, 3.8) is 0 Å². The van der Waals surface area contributed by atoms with Crippen LogP contribution in [-0.2, 0) is 4.79 Å². The highest BCUT2D eigenvalue weighted by Crippen LogP contribution is 2.16. The third-order valence-electron chi connectivity index (χ3n) is 3.28. The maximum absolute atomic E-state index is 11.9. The van der Waals surface area contributed by atoms with Gasteiger partial charge in [-0.2, -0.15) is 0 Å². The molecule has 104 valence electrons. The molecule has 2 rings (SSSR count). The van der Waals surface area contributed by atoms with Gasteiger partial charge < -0.3 is 15.4 Å². The van der Waals surface area contributed by atoms with Crippen LogP contribution in [0.2, 0.25) is 0 Å². The summed E-state index contributed by atoms with van der Waals surface area (Å²) in [5.74, 6) is 0.953. The summed E-state index contributed by atoms with van der Waals surface area (Å²) in [5.41, 5.74) is 0. The van der Waals surface area contributed by atoms with Crippen molar-refractivity contribution < 1.29 is 9.53 Å². The van der Waals surface area contributed by atoms with E-state index in [4.69, 9.17) is 4.74 Å². The summed E-state index contributed by atoms with van der Waals surface area (Å²) in [6.45, 7) is 3.60. The molecule has 4 heteroatoms. The Bertz CT molecular complexity index is 394. The van der Waals surface area contributed by atoms with Crippen LogP contribution in [0.3, 0.4) is 0 Å². The molecule has 0 unspecified atom stereocenters. The molecular formula is C15H22N2O2. The predicted molar refractivity (Wildman–Crippen MR) is 75.2 cm³/mol. The van der Waals surface area contributed by atoms with E-state index in [1.165, 1.54) is 0 Å². The normalized spacial score (nSPS) is 22.2. The fraction of sp³-hybridized carbons (Fsp3) is 0.533. The molecule has 1 aromatic carbocycles. The van der Waals surface area contributed by atoms with Gasteiger partial charge in [0.25, 0.3) is 0 Å². The predicted octanol–water partition coefficient (Wildman–Crippen LogP) is 1.71. The van der Waals surface area contributed by atoms with E-state index in [1.807, 2.05) is 30.3 Å². The van der Waals surface area contributed by atoms with Crippen LogP contribution in [0.25, 0.3) is 0 Å². The molecule has 1 aliphatic heterocycles. The maximum Gasteiger partial charge on any atom is 0.237 e. The molecule has 19 heavy (non-hydrogen) atoms. The Morgan fingerprint density at radius 1 is 1.42 bits per heavy atom. The lowest BCUT2D eigenvalue weighted by Crippen LogP contribution is -2.40. The Balaban J connectivity index is 1.75. The Morgan fingerprint density at radius 2 is 2.21 bits per heavy atom. The average molecular weight is 262 g/mol. The van der Waals surface area contributed by atoms with Gasteiger partial charge in [0.15, 0.2) is 0 Å². The molecule has 1 aromatic rings. The minimum atomic E-state index is -0.120. The van der Waals surface area contributed by atoms with E-state index in [1.54, 1.807) is 0 Å². The van der Waals surface area contributed by atoms with Crippen LogP contribution < -0.4 is 15.4 Å². The van der Waals surface area contributed by atoms with E-state index in [2.05, 4.69) is 17.6 Å². The summed E-state index contributed by atoms with van der Waals surface area (Å²) >= 11 is 0. The van der Waals surface area contributed by atoms with Gasteiger partial charge in [0.1, 0.15) is 11.9 Å². The zero-order valence-electron chi connectivity index (χ0n) is 11.4. The molecule has 1 heterocycles. The largest absolute Gasteiger partial charge is 0.489 e. The first-order chi connectivity index (χ1) is 9.29. The molecule has 2 atom stereocenters. The van der Waals surface area contributed by atoms with Crippen LogP contribution in [0.15, 0.2) is 30.3 Å². The average Bonchev–Trinajstić information content (AvgIpc) is 2.89. The van der Waals surface area contributed by atoms with Crippen molar-refractivity contribution in [1.82, 2.24) is 10.6 Å². The summed E-state index contributed by atoms with van der Waals surface area (Å²) in [5, 5.41) is 6.17. The van der Waals surface area contributed by atoms with Gasteiger partial charge >= 0.3 is 0 Å². The van der Waals surface area contributed by atoms with Crippen molar-refractivity contribution in [2.45, 2.75) is 38.3 Å². The molecule has 0 aromatic heterocycles. The fourth-order valence-electron chi connectivity index (χ4n) is 2.20. The lowest BCUT2D eigenvalue weighted by Gasteiger charge is -2.13. The minimum absolute atomic E-state index is 0.0734. The highest BCUT2D eigenvalue weighted by atomic mass is 16.5. The molecule has 1 aliphatic rings. The second kappa shape index (κ2) is 7.14. The smallest absolute Gasteiger partial charge is 0.237 e. The van der Waals surface area contributed by atoms with Crippen molar-refractivity contribution in [2.75, 3.05) is 13.1 Å². The van der Waals surface area contributed by atoms with Crippen LogP contribution in [0, 0.1) is 0 Å². The van der Waals surface area contributed by atoms with E-state index in [0.717, 1.165) is 38.1 Å². The summed E-state index contributed by atoms with van der Waals surface area (Å²) in [4.78, 5) is 11.9. The van der Waals surface area contributed by atoms with Gasteiger partial charge in [-0.1, -0.05) is 31.5 Å². The number of unbranched alkanes of at least 4 members (excludes halogenated alkanes) is 1. The standard InChI is InChI=1S/C15H22N2O2/c1-2-3-9-16-15(18)14-10-13(11-17-14)19-12-7-5-4-6-8-12/h4-8,13-14,17H,2-3,9-11H2,1H3,(H,16,18)/t13-,14-/m0/s1. The second-order valence-electron chi connectivity index (χ2n) is 4.89. The number of benzene rings is 1. The van der Waals surface area contributed by atoms with Gasteiger partial charge in [-0.15, -0.1) is 0 Å². The van der Waals surface area contributed by atoms with Crippen LogP contribution in [0.1, 0.15) is 26.2 Å².